The molecule has 0 radical (unpaired) electrons. The fourth-order valence-electron chi connectivity index (χ4n) is 3.42. The molecule has 0 heterocycles. The summed E-state index contributed by atoms with van der Waals surface area (Å²) in [6, 6.07) is 7.16. The number of aryl methyl sites for hydroxylation is 2. The molecule has 1 aliphatic rings. The van der Waals surface area contributed by atoms with Gasteiger partial charge >= 0.3 is 0 Å². The molecule has 1 aliphatic carbocycles. The van der Waals surface area contributed by atoms with Crippen LogP contribution >= 0.6 is 0 Å². The van der Waals surface area contributed by atoms with Gasteiger partial charge in [-0.2, -0.15) is 0 Å². The Morgan fingerprint density at radius 3 is 2.45 bits per heavy atom. The molecule has 0 aliphatic heterocycles. The summed E-state index contributed by atoms with van der Waals surface area (Å²) in [5.41, 5.74) is 4.10. The van der Waals surface area contributed by atoms with Crippen molar-refractivity contribution in [1.82, 2.24) is 5.32 Å². The predicted molar refractivity (Wildman–Crippen MR) is 85.2 cm³/mol. The Balaban J connectivity index is 2.32. The first-order valence-corrected chi connectivity index (χ1v) is 7.98. The van der Waals surface area contributed by atoms with Gasteiger partial charge in [0.25, 0.3) is 0 Å². The van der Waals surface area contributed by atoms with Crippen LogP contribution in [0.2, 0.25) is 0 Å². The van der Waals surface area contributed by atoms with Crippen LogP contribution in [0.25, 0.3) is 0 Å². The third-order valence-electron chi connectivity index (χ3n) is 4.85. The van der Waals surface area contributed by atoms with E-state index < -0.39 is 0 Å². The first-order chi connectivity index (χ1) is 9.63. The van der Waals surface area contributed by atoms with E-state index in [0.29, 0.717) is 6.04 Å². The summed E-state index contributed by atoms with van der Waals surface area (Å²) in [5.74, 6) is 0. The van der Waals surface area contributed by atoms with Gasteiger partial charge in [-0.3, -0.25) is 0 Å². The fraction of sp³-hybridized carbons (Fsp3) is 0.667. The Bertz CT molecular complexity index is 435. The maximum Gasteiger partial charge on any atom is 0.0872 e. The number of rotatable bonds is 6. The van der Waals surface area contributed by atoms with E-state index in [-0.39, 0.29) is 5.60 Å². The first kappa shape index (κ1) is 15.5. The maximum absolute atomic E-state index is 6.02. The van der Waals surface area contributed by atoms with Crippen LogP contribution in [0.15, 0.2) is 18.2 Å². The standard InChI is InChI=1S/C18H29NO/c1-5-12-19-17(18(20-4)10-6-7-11-18)16-9-8-14(2)15(3)13-16/h8-9,13,17,19H,5-7,10-12H2,1-4H3. The Labute approximate surface area is 123 Å². The topological polar surface area (TPSA) is 21.3 Å². The monoisotopic (exact) mass is 275 g/mol. The van der Waals surface area contributed by atoms with E-state index in [9.17, 15) is 0 Å². The molecule has 0 amide bonds. The van der Waals surface area contributed by atoms with Gasteiger partial charge in [-0.1, -0.05) is 38.0 Å². The van der Waals surface area contributed by atoms with Gasteiger partial charge < -0.3 is 10.1 Å². The van der Waals surface area contributed by atoms with Crippen molar-refractivity contribution in [2.24, 2.45) is 0 Å². The molecule has 0 saturated heterocycles. The fourth-order valence-corrected chi connectivity index (χ4v) is 3.42. The van der Waals surface area contributed by atoms with Gasteiger partial charge in [0.15, 0.2) is 0 Å². The first-order valence-electron chi connectivity index (χ1n) is 7.98. The van der Waals surface area contributed by atoms with E-state index in [1.165, 1.54) is 29.5 Å². The van der Waals surface area contributed by atoms with E-state index >= 15 is 0 Å². The van der Waals surface area contributed by atoms with Crippen molar-refractivity contribution < 1.29 is 4.74 Å². The van der Waals surface area contributed by atoms with Crippen LogP contribution in [-0.2, 0) is 4.74 Å². The summed E-state index contributed by atoms with van der Waals surface area (Å²) >= 11 is 0. The second kappa shape index (κ2) is 6.73. The number of hydrogen-bond donors (Lipinski definition) is 1. The Hall–Kier alpha value is -0.860. The van der Waals surface area contributed by atoms with Crippen LogP contribution < -0.4 is 5.32 Å². The van der Waals surface area contributed by atoms with E-state index in [1.54, 1.807) is 0 Å². The highest BCUT2D eigenvalue weighted by Crippen LogP contribution is 2.42. The van der Waals surface area contributed by atoms with E-state index in [0.717, 1.165) is 25.8 Å². The van der Waals surface area contributed by atoms with Crippen molar-refractivity contribution in [3.8, 4) is 0 Å². The van der Waals surface area contributed by atoms with Crippen LogP contribution in [0.1, 0.15) is 61.8 Å². The van der Waals surface area contributed by atoms with Crippen molar-refractivity contribution >= 4 is 0 Å². The second-order valence-corrected chi connectivity index (χ2v) is 6.21. The molecule has 1 fully saturated rings. The van der Waals surface area contributed by atoms with Gasteiger partial charge in [-0.05, 0) is 56.3 Å². The summed E-state index contributed by atoms with van der Waals surface area (Å²) in [6.07, 6.45) is 6.04. The molecule has 1 unspecified atom stereocenters. The summed E-state index contributed by atoms with van der Waals surface area (Å²) < 4.78 is 6.02. The molecule has 1 N–H and O–H groups in total. The van der Waals surface area contributed by atoms with E-state index in [2.05, 4.69) is 44.3 Å². The summed E-state index contributed by atoms with van der Waals surface area (Å²) in [6.45, 7) is 7.64. The molecular weight excluding hydrogens is 246 g/mol. The summed E-state index contributed by atoms with van der Waals surface area (Å²) in [4.78, 5) is 0. The smallest absolute Gasteiger partial charge is 0.0872 e. The van der Waals surface area contributed by atoms with Crippen LogP contribution in [0.3, 0.4) is 0 Å². The maximum atomic E-state index is 6.02. The Kier molecular flexibility index (Phi) is 5.22. The van der Waals surface area contributed by atoms with Gasteiger partial charge in [-0.15, -0.1) is 0 Å². The van der Waals surface area contributed by atoms with Crippen molar-refractivity contribution in [1.29, 1.82) is 0 Å². The summed E-state index contributed by atoms with van der Waals surface area (Å²) in [5, 5.41) is 3.74. The zero-order valence-corrected chi connectivity index (χ0v) is 13.5. The van der Waals surface area contributed by atoms with E-state index in [1.807, 2.05) is 7.11 Å². The lowest BCUT2D eigenvalue weighted by Gasteiger charge is -2.37. The van der Waals surface area contributed by atoms with Crippen LogP contribution in [-0.4, -0.2) is 19.3 Å². The van der Waals surface area contributed by atoms with Gasteiger partial charge in [0.1, 0.15) is 0 Å². The molecule has 2 rings (SSSR count). The van der Waals surface area contributed by atoms with Crippen LogP contribution in [0.4, 0.5) is 0 Å². The third-order valence-corrected chi connectivity index (χ3v) is 4.85. The lowest BCUT2D eigenvalue weighted by molar-refractivity contribution is -0.0367. The largest absolute Gasteiger partial charge is 0.376 e. The highest BCUT2D eigenvalue weighted by molar-refractivity contribution is 5.33. The normalized spacial score (nSPS) is 19.2. The minimum Gasteiger partial charge on any atom is -0.376 e. The van der Waals surface area contributed by atoms with Crippen LogP contribution in [0.5, 0.6) is 0 Å². The molecule has 1 aromatic rings. The van der Waals surface area contributed by atoms with E-state index in [4.69, 9.17) is 4.74 Å². The Morgan fingerprint density at radius 1 is 1.20 bits per heavy atom. The average molecular weight is 275 g/mol. The number of hydrogen-bond acceptors (Lipinski definition) is 2. The molecule has 1 saturated carbocycles. The minimum absolute atomic E-state index is 0.0170. The quantitative estimate of drug-likeness (QED) is 0.835. The third kappa shape index (κ3) is 3.07. The number of methoxy groups -OCH3 is 1. The van der Waals surface area contributed by atoms with Crippen molar-refractivity contribution in [3.63, 3.8) is 0 Å². The minimum atomic E-state index is -0.0170. The van der Waals surface area contributed by atoms with Gasteiger partial charge in [-0.25, -0.2) is 0 Å². The lowest BCUT2D eigenvalue weighted by Crippen LogP contribution is -2.43. The zero-order chi connectivity index (χ0) is 14.6. The van der Waals surface area contributed by atoms with Crippen molar-refractivity contribution in [2.75, 3.05) is 13.7 Å². The number of benzene rings is 1. The molecule has 0 bridgehead atoms. The van der Waals surface area contributed by atoms with Crippen molar-refractivity contribution in [2.45, 2.75) is 64.5 Å². The molecule has 0 spiro atoms. The number of ether oxygens (including phenoxy) is 1. The van der Waals surface area contributed by atoms with Gasteiger partial charge in [0.2, 0.25) is 0 Å². The molecule has 2 nitrogen and oxygen atoms in total. The Morgan fingerprint density at radius 2 is 1.90 bits per heavy atom. The lowest BCUT2D eigenvalue weighted by atomic mass is 9.85. The average Bonchev–Trinajstić information content (AvgIpc) is 2.93. The molecule has 1 atom stereocenters. The van der Waals surface area contributed by atoms with Gasteiger partial charge in [0.05, 0.1) is 11.6 Å². The molecular formula is C18H29NO. The van der Waals surface area contributed by atoms with Crippen molar-refractivity contribution in [3.05, 3.63) is 34.9 Å². The molecule has 1 aromatic carbocycles. The van der Waals surface area contributed by atoms with Crippen LogP contribution in [0, 0.1) is 13.8 Å². The highest BCUT2D eigenvalue weighted by Gasteiger charge is 2.42. The molecule has 112 valence electrons. The number of nitrogens with one attached hydrogen (secondary N) is 1. The predicted octanol–water partition coefficient (Wildman–Crippen LogP) is 4.30. The van der Waals surface area contributed by atoms with Gasteiger partial charge in [0, 0.05) is 7.11 Å². The highest BCUT2D eigenvalue weighted by atomic mass is 16.5. The SMILES string of the molecule is CCCNC(c1ccc(C)c(C)c1)C1(OC)CCCC1. The molecule has 2 heteroatoms. The summed E-state index contributed by atoms with van der Waals surface area (Å²) in [7, 11) is 1.88. The molecule has 20 heavy (non-hydrogen) atoms. The molecule has 0 aromatic heterocycles. The zero-order valence-electron chi connectivity index (χ0n) is 13.5. The second-order valence-electron chi connectivity index (χ2n) is 6.21.